The van der Waals surface area contributed by atoms with Crippen LogP contribution >= 0.6 is 0 Å². The third-order valence-electron chi connectivity index (χ3n) is 4.48. The fourth-order valence-electron chi connectivity index (χ4n) is 2.83. The van der Waals surface area contributed by atoms with Crippen molar-refractivity contribution < 1.29 is 17.9 Å². The summed E-state index contributed by atoms with van der Waals surface area (Å²) in [6, 6.07) is 8.00. The van der Waals surface area contributed by atoms with E-state index in [1.54, 1.807) is 20.0 Å². The summed E-state index contributed by atoms with van der Waals surface area (Å²) in [5.41, 5.74) is 1.05. The van der Waals surface area contributed by atoms with Crippen LogP contribution in [0.1, 0.15) is 29.8 Å². The van der Waals surface area contributed by atoms with Gasteiger partial charge >= 0.3 is 0 Å². The Bertz CT molecular complexity index is 957. The number of anilines is 1. The van der Waals surface area contributed by atoms with Gasteiger partial charge in [-0.3, -0.25) is 4.79 Å². The van der Waals surface area contributed by atoms with E-state index in [0.717, 1.165) is 11.4 Å². The number of methoxy groups -OCH3 is 1. The minimum atomic E-state index is -3.68. The highest BCUT2D eigenvalue weighted by atomic mass is 32.2. The summed E-state index contributed by atoms with van der Waals surface area (Å²) in [5.74, 6) is 0.674. The van der Waals surface area contributed by atoms with Gasteiger partial charge in [0.15, 0.2) is 0 Å². The van der Waals surface area contributed by atoms with Crippen molar-refractivity contribution in [1.82, 2.24) is 14.6 Å². The van der Waals surface area contributed by atoms with E-state index >= 15 is 0 Å². The van der Waals surface area contributed by atoms with Crippen LogP contribution in [0.3, 0.4) is 0 Å². The maximum Gasteiger partial charge on any atom is 0.255 e. The molecule has 2 rings (SSSR count). The number of rotatable bonds is 9. The van der Waals surface area contributed by atoms with Crippen molar-refractivity contribution in [3.63, 3.8) is 0 Å². The molecule has 0 unspecified atom stereocenters. The Balaban J connectivity index is 2.28. The van der Waals surface area contributed by atoms with Gasteiger partial charge in [-0.25, -0.2) is 13.4 Å². The Morgan fingerprint density at radius 1 is 1.14 bits per heavy atom. The molecule has 1 N–H and O–H groups in total. The second-order valence-corrected chi connectivity index (χ2v) is 8.49. The quantitative estimate of drug-likeness (QED) is 0.668. The molecule has 29 heavy (non-hydrogen) atoms. The monoisotopic (exact) mass is 420 g/mol. The molecule has 0 aliphatic rings. The van der Waals surface area contributed by atoms with Crippen molar-refractivity contribution >= 4 is 21.7 Å². The van der Waals surface area contributed by atoms with Crippen LogP contribution in [0.15, 0.2) is 41.4 Å². The van der Waals surface area contributed by atoms with E-state index in [2.05, 4.69) is 10.3 Å². The largest absolute Gasteiger partial charge is 0.496 e. The Hall–Kier alpha value is -2.65. The van der Waals surface area contributed by atoms with Crippen LogP contribution in [0.2, 0.25) is 0 Å². The van der Waals surface area contributed by atoms with Gasteiger partial charge in [0, 0.05) is 39.9 Å². The molecule has 2 aromatic rings. The minimum Gasteiger partial charge on any atom is -0.496 e. The number of hydrogen-bond donors (Lipinski definition) is 1. The van der Waals surface area contributed by atoms with Gasteiger partial charge in [0.2, 0.25) is 10.0 Å². The molecular weight excluding hydrogens is 392 g/mol. The molecule has 1 aromatic carbocycles. The summed E-state index contributed by atoms with van der Waals surface area (Å²) < 4.78 is 32.2. The SMILES string of the molecule is CCN(CC)S(=O)(=O)c1ccc(OC)c(C(=O)NCc2ccnc(N(C)C)c2)c1. The molecule has 0 radical (unpaired) electrons. The maximum absolute atomic E-state index is 12.8. The summed E-state index contributed by atoms with van der Waals surface area (Å²) in [4.78, 5) is 19.0. The predicted octanol–water partition coefficient (Wildman–Crippen LogP) is 2.12. The molecule has 0 bridgehead atoms. The Morgan fingerprint density at radius 2 is 1.83 bits per heavy atom. The van der Waals surface area contributed by atoms with Gasteiger partial charge in [0.05, 0.1) is 17.6 Å². The lowest BCUT2D eigenvalue weighted by molar-refractivity contribution is 0.0947. The van der Waals surface area contributed by atoms with Crippen molar-refractivity contribution in [2.75, 3.05) is 39.2 Å². The van der Waals surface area contributed by atoms with Crippen LogP contribution in [0.4, 0.5) is 5.82 Å². The molecule has 0 aliphatic carbocycles. The lowest BCUT2D eigenvalue weighted by atomic mass is 10.1. The van der Waals surface area contributed by atoms with Crippen molar-refractivity contribution in [3.05, 3.63) is 47.7 Å². The molecule has 0 aliphatic heterocycles. The van der Waals surface area contributed by atoms with E-state index < -0.39 is 15.9 Å². The maximum atomic E-state index is 12.8. The van der Waals surface area contributed by atoms with E-state index in [4.69, 9.17) is 4.74 Å². The number of carbonyl (C=O) groups excluding carboxylic acids is 1. The second kappa shape index (κ2) is 9.71. The van der Waals surface area contributed by atoms with Crippen LogP contribution in [-0.2, 0) is 16.6 Å². The second-order valence-electron chi connectivity index (χ2n) is 6.55. The molecule has 8 nitrogen and oxygen atoms in total. The first-order chi connectivity index (χ1) is 13.7. The van der Waals surface area contributed by atoms with Gasteiger partial charge in [0.1, 0.15) is 11.6 Å². The number of carbonyl (C=O) groups is 1. The molecule has 158 valence electrons. The summed E-state index contributed by atoms with van der Waals surface area (Å²) in [7, 11) is 1.53. The molecule has 0 saturated carbocycles. The molecule has 1 amide bonds. The number of sulfonamides is 1. The highest BCUT2D eigenvalue weighted by Gasteiger charge is 2.24. The number of ether oxygens (including phenoxy) is 1. The first-order valence-corrected chi connectivity index (χ1v) is 10.8. The molecule has 1 heterocycles. The van der Waals surface area contributed by atoms with E-state index in [-0.39, 0.29) is 17.0 Å². The van der Waals surface area contributed by atoms with Crippen LogP contribution in [-0.4, -0.2) is 57.9 Å². The van der Waals surface area contributed by atoms with Gasteiger partial charge in [-0.2, -0.15) is 4.31 Å². The fraction of sp³-hybridized carbons (Fsp3) is 0.400. The van der Waals surface area contributed by atoms with Crippen LogP contribution in [0.5, 0.6) is 5.75 Å². The zero-order valence-electron chi connectivity index (χ0n) is 17.5. The first kappa shape index (κ1) is 22.6. The normalized spacial score (nSPS) is 11.4. The third-order valence-corrected chi connectivity index (χ3v) is 6.53. The fourth-order valence-corrected chi connectivity index (χ4v) is 4.32. The molecule has 0 spiro atoms. The Labute approximate surface area is 172 Å². The molecular formula is C20H28N4O4S. The summed E-state index contributed by atoms with van der Waals surface area (Å²) in [5, 5.41) is 2.82. The highest BCUT2D eigenvalue weighted by Crippen LogP contribution is 2.24. The van der Waals surface area contributed by atoms with Crippen LogP contribution in [0.25, 0.3) is 0 Å². The highest BCUT2D eigenvalue weighted by molar-refractivity contribution is 7.89. The lowest BCUT2D eigenvalue weighted by Gasteiger charge is -2.19. The average molecular weight is 421 g/mol. The van der Waals surface area contributed by atoms with Gasteiger partial charge in [-0.1, -0.05) is 13.8 Å². The summed E-state index contributed by atoms with van der Waals surface area (Å²) in [6.07, 6.45) is 1.68. The van der Waals surface area contributed by atoms with Crippen LogP contribution < -0.4 is 15.0 Å². The summed E-state index contributed by atoms with van der Waals surface area (Å²) in [6.45, 7) is 4.52. The molecule has 0 saturated heterocycles. The van der Waals surface area contributed by atoms with E-state index in [1.165, 1.54) is 29.6 Å². The molecule has 0 fully saturated rings. The van der Waals surface area contributed by atoms with Gasteiger partial charge < -0.3 is 15.0 Å². The molecule has 9 heteroatoms. The third kappa shape index (κ3) is 5.24. The van der Waals surface area contributed by atoms with Gasteiger partial charge in [-0.15, -0.1) is 0 Å². The predicted molar refractivity (Wildman–Crippen MR) is 113 cm³/mol. The lowest BCUT2D eigenvalue weighted by Crippen LogP contribution is -2.31. The van der Waals surface area contributed by atoms with Gasteiger partial charge in [-0.05, 0) is 35.9 Å². The number of amides is 1. The first-order valence-electron chi connectivity index (χ1n) is 9.33. The van der Waals surface area contributed by atoms with E-state index in [0.29, 0.717) is 18.8 Å². The Morgan fingerprint density at radius 3 is 2.41 bits per heavy atom. The van der Waals surface area contributed by atoms with E-state index in [1.807, 2.05) is 31.1 Å². The zero-order chi connectivity index (χ0) is 21.6. The average Bonchev–Trinajstić information content (AvgIpc) is 2.72. The summed E-state index contributed by atoms with van der Waals surface area (Å²) >= 11 is 0. The molecule has 1 aromatic heterocycles. The number of hydrogen-bond acceptors (Lipinski definition) is 6. The smallest absolute Gasteiger partial charge is 0.255 e. The van der Waals surface area contributed by atoms with Crippen molar-refractivity contribution in [2.24, 2.45) is 0 Å². The standard InChI is InChI=1S/C20H28N4O4S/c1-6-24(7-2)29(26,27)16-8-9-18(28-5)17(13-16)20(25)22-14-15-10-11-21-19(12-15)23(3)4/h8-13H,6-7,14H2,1-5H3,(H,22,25). The zero-order valence-corrected chi connectivity index (χ0v) is 18.3. The van der Waals surface area contributed by atoms with Crippen LogP contribution in [0, 0.1) is 0 Å². The van der Waals surface area contributed by atoms with E-state index in [9.17, 15) is 13.2 Å². The number of aromatic nitrogens is 1. The molecule has 0 atom stereocenters. The van der Waals surface area contributed by atoms with Crippen molar-refractivity contribution in [1.29, 1.82) is 0 Å². The topological polar surface area (TPSA) is 91.8 Å². The number of benzene rings is 1. The van der Waals surface area contributed by atoms with Crippen molar-refractivity contribution in [2.45, 2.75) is 25.3 Å². The van der Waals surface area contributed by atoms with Gasteiger partial charge in [0.25, 0.3) is 5.91 Å². The Kier molecular flexibility index (Phi) is 7.58. The number of pyridine rings is 1. The number of nitrogens with one attached hydrogen (secondary N) is 1. The minimum absolute atomic E-state index is 0.0611. The number of nitrogens with zero attached hydrogens (tertiary/aromatic N) is 3. The van der Waals surface area contributed by atoms with Crippen molar-refractivity contribution in [3.8, 4) is 5.75 Å².